The number of hydrogen-bond acceptors (Lipinski definition) is 15. The van der Waals surface area contributed by atoms with E-state index in [2.05, 4.69) is 20.4 Å². The number of aromatic nitrogens is 3. The van der Waals surface area contributed by atoms with Gasteiger partial charge in [0.05, 0.1) is 17.7 Å². The second-order valence-electron chi connectivity index (χ2n) is 9.55. The monoisotopic (exact) mass is 671 g/mol. The number of carboxylic acids is 2. The number of thioether (sulfide) groups is 2. The highest BCUT2D eigenvalue weighted by molar-refractivity contribution is 8.01. The highest BCUT2D eigenvalue weighted by atomic mass is 32.2. The first-order chi connectivity index (χ1) is 21.5. The third kappa shape index (κ3) is 6.49. The lowest BCUT2D eigenvalue weighted by atomic mass is 10.0. The van der Waals surface area contributed by atoms with Gasteiger partial charge in [-0.3, -0.25) is 14.5 Å². The van der Waals surface area contributed by atoms with Crippen molar-refractivity contribution in [3.05, 3.63) is 58.7 Å². The fraction of sp³-hybridized carbons (Fsp3) is 0.231. The lowest BCUT2D eigenvalue weighted by Gasteiger charge is -2.50. The van der Waals surface area contributed by atoms with E-state index in [1.807, 2.05) is 30.3 Å². The first-order valence-electron chi connectivity index (χ1n) is 13.0. The number of rotatable bonds is 11. The molecule has 8 N–H and O–H groups in total. The molecule has 19 heteroatoms. The van der Waals surface area contributed by atoms with Gasteiger partial charge in [-0.1, -0.05) is 28.3 Å². The molecule has 0 bridgehead atoms. The van der Waals surface area contributed by atoms with E-state index >= 15 is 0 Å². The van der Waals surface area contributed by atoms with Crippen molar-refractivity contribution < 1.29 is 38.8 Å². The lowest BCUT2D eigenvalue weighted by Crippen LogP contribution is -2.71. The Morgan fingerprint density at radius 2 is 2.00 bits per heavy atom. The maximum atomic E-state index is 13.2. The van der Waals surface area contributed by atoms with Gasteiger partial charge in [-0.25, -0.2) is 9.78 Å². The van der Waals surface area contributed by atoms with Crippen LogP contribution in [0.2, 0.25) is 0 Å². The molecule has 3 aromatic rings. The highest BCUT2D eigenvalue weighted by Crippen LogP contribution is 2.41. The topological polar surface area (TPSA) is 256 Å². The Balaban J connectivity index is 1.35. The highest BCUT2D eigenvalue weighted by Gasteiger charge is 2.53. The molecule has 2 aromatic heterocycles. The van der Waals surface area contributed by atoms with E-state index in [1.54, 1.807) is 4.57 Å². The molecule has 2 amide bonds. The van der Waals surface area contributed by atoms with Crippen LogP contribution >= 0.6 is 34.9 Å². The number of oxime groups is 1. The van der Waals surface area contributed by atoms with E-state index in [0.717, 1.165) is 21.9 Å². The molecule has 0 aliphatic carbocycles. The molecular weight excluding hydrogens is 647 g/mol. The van der Waals surface area contributed by atoms with Crippen LogP contribution in [0.25, 0.3) is 5.69 Å². The second-order valence-corrected chi connectivity index (χ2v) is 12.5. The maximum absolute atomic E-state index is 13.2. The number of amides is 2. The van der Waals surface area contributed by atoms with Crippen LogP contribution in [-0.4, -0.2) is 78.5 Å². The summed E-state index contributed by atoms with van der Waals surface area (Å²) in [4.78, 5) is 64.3. The van der Waals surface area contributed by atoms with Crippen LogP contribution in [0.1, 0.15) is 12.6 Å². The SMILES string of the molecule is C[C@@H](O/N=C(\C(=O)NC1C(=O)N2C(C(=O)[O-])=C(CSc3nc(N)cc(N)[n+]3-c3ccccc3)CSC12)c1csc(N)n1)C(=O)O. The molecule has 45 heavy (non-hydrogen) atoms. The minimum absolute atomic E-state index is 0.00526. The van der Waals surface area contributed by atoms with Crippen LogP contribution in [-0.2, 0) is 24.0 Å². The number of carbonyl (C=O) groups excluding carboxylic acids is 3. The minimum atomic E-state index is -1.55. The summed E-state index contributed by atoms with van der Waals surface area (Å²) < 4.78 is 1.68. The molecular formula is C26H25N9O7S3. The Bertz CT molecular complexity index is 1750. The lowest BCUT2D eigenvalue weighted by molar-refractivity contribution is -0.626. The molecule has 4 heterocycles. The zero-order chi connectivity index (χ0) is 32.4. The van der Waals surface area contributed by atoms with Gasteiger partial charge in [-0.05, 0) is 36.4 Å². The molecule has 1 saturated heterocycles. The van der Waals surface area contributed by atoms with Crippen LogP contribution in [0, 0.1) is 0 Å². The van der Waals surface area contributed by atoms with Crippen molar-refractivity contribution in [2.45, 2.75) is 29.6 Å². The van der Waals surface area contributed by atoms with Crippen molar-refractivity contribution >= 4 is 81.1 Å². The Morgan fingerprint density at radius 3 is 2.64 bits per heavy atom. The molecule has 0 spiro atoms. The number of carboxylic acid groups (broad SMARTS) is 2. The normalized spacial score (nSPS) is 18.6. The predicted molar refractivity (Wildman–Crippen MR) is 164 cm³/mol. The molecule has 234 valence electrons. The molecule has 2 unspecified atom stereocenters. The molecule has 2 aliphatic rings. The largest absolute Gasteiger partial charge is 0.543 e. The number of nitrogens with one attached hydrogen (secondary N) is 1. The summed E-state index contributed by atoms with van der Waals surface area (Å²) in [6.07, 6.45) is -1.38. The van der Waals surface area contributed by atoms with Gasteiger partial charge in [0.1, 0.15) is 22.8 Å². The summed E-state index contributed by atoms with van der Waals surface area (Å²) >= 11 is 3.44. The zero-order valence-corrected chi connectivity index (χ0v) is 25.7. The molecule has 16 nitrogen and oxygen atoms in total. The van der Waals surface area contributed by atoms with Gasteiger partial charge in [-0.2, -0.15) is 4.57 Å². The van der Waals surface area contributed by atoms with Gasteiger partial charge in [0.25, 0.3) is 11.8 Å². The van der Waals surface area contributed by atoms with E-state index < -0.39 is 47.0 Å². The number of β-lactam (4-membered cyclic amide) rings is 1. The van der Waals surface area contributed by atoms with Crippen molar-refractivity contribution in [1.29, 1.82) is 0 Å². The summed E-state index contributed by atoms with van der Waals surface area (Å²) in [6, 6.07) is 9.55. The fourth-order valence-electron chi connectivity index (χ4n) is 4.37. The molecule has 3 atom stereocenters. The third-order valence-corrected chi connectivity index (χ3v) is 9.55. The first-order valence-corrected chi connectivity index (χ1v) is 15.9. The maximum Gasteiger partial charge on any atom is 0.347 e. The third-order valence-electron chi connectivity index (χ3n) is 6.52. The average Bonchev–Trinajstić information content (AvgIpc) is 3.43. The van der Waals surface area contributed by atoms with Crippen LogP contribution < -0.4 is 32.2 Å². The number of anilines is 3. The minimum Gasteiger partial charge on any atom is -0.543 e. The van der Waals surface area contributed by atoms with Gasteiger partial charge in [0, 0.05) is 16.9 Å². The van der Waals surface area contributed by atoms with Crippen LogP contribution in [0.4, 0.5) is 16.8 Å². The number of para-hydroxylation sites is 1. The predicted octanol–water partition coefficient (Wildman–Crippen LogP) is -1.05. The molecule has 2 aliphatic heterocycles. The van der Waals surface area contributed by atoms with Gasteiger partial charge in [0.15, 0.2) is 10.8 Å². The van der Waals surface area contributed by atoms with Crippen molar-refractivity contribution in [3.8, 4) is 5.69 Å². The number of nitrogens with two attached hydrogens (primary N) is 3. The van der Waals surface area contributed by atoms with Crippen molar-refractivity contribution in [2.24, 2.45) is 5.16 Å². The van der Waals surface area contributed by atoms with E-state index in [9.17, 15) is 24.3 Å². The van der Waals surface area contributed by atoms with Crippen molar-refractivity contribution in [3.63, 3.8) is 0 Å². The van der Waals surface area contributed by atoms with E-state index in [0.29, 0.717) is 16.5 Å². The van der Waals surface area contributed by atoms with Gasteiger partial charge >= 0.3 is 11.1 Å². The summed E-state index contributed by atoms with van der Waals surface area (Å²) in [5.41, 5.74) is 18.3. The smallest absolute Gasteiger partial charge is 0.347 e. The number of nitrogen functional groups attached to an aromatic ring is 3. The number of carbonyl (C=O) groups is 4. The van der Waals surface area contributed by atoms with Crippen molar-refractivity contribution in [1.82, 2.24) is 20.2 Å². The van der Waals surface area contributed by atoms with Gasteiger partial charge in [0.2, 0.25) is 17.7 Å². The number of benzene rings is 1. The molecule has 0 saturated carbocycles. The Morgan fingerprint density at radius 1 is 1.27 bits per heavy atom. The second kappa shape index (κ2) is 13.0. The Hall–Kier alpha value is -4.88. The Labute approximate surface area is 267 Å². The van der Waals surface area contributed by atoms with Crippen LogP contribution in [0.15, 0.2) is 63.4 Å². The van der Waals surface area contributed by atoms with E-state index in [4.69, 9.17) is 27.1 Å². The Kier molecular flexibility index (Phi) is 9.11. The summed E-state index contributed by atoms with van der Waals surface area (Å²) in [5, 5.41) is 28.8. The molecule has 1 aromatic carbocycles. The van der Waals surface area contributed by atoms with E-state index in [1.165, 1.54) is 41.9 Å². The van der Waals surface area contributed by atoms with E-state index in [-0.39, 0.29) is 33.8 Å². The number of fused-ring (bicyclic) bond motifs is 1. The number of aliphatic carboxylic acids is 2. The zero-order valence-electron chi connectivity index (χ0n) is 23.3. The number of hydrogen-bond donors (Lipinski definition) is 5. The van der Waals surface area contributed by atoms with Crippen LogP contribution in [0.5, 0.6) is 0 Å². The molecule has 1 fully saturated rings. The fourth-order valence-corrected chi connectivity index (χ4v) is 7.45. The molecule has 5 rings (SSSR count). The molecule has 0 radical (unpaired) electrons. The van der Waals surface area contributed by atoms with Gasteiger partial charge in [-0.15, -0.1) is 23.1 Å². The quantitative estimate of drug-likeness (QED) is 0.0407. The number of thiazole rings is 1. The van der Waals surface area contributed by atoms with Crippen molar-refractivity contribution in [2.75, 3.05) is 28.7 Å². The average molecular weight is 672 g/mol. The standard InChI is InChI=1S/C26H25N9O7S3/c1-11(23(38)39)42-33-17(14-10-44-25(29)30-14)20(36)32-18-21(37)35-19(24(40)41)12(8-43-22(18)35)9-45-26-31-15(27)7-16(28)34(26)13-5-3-2-4-6-13/h2-7,10-11,18,22H,8-9H2,1H3,(H8,27,28,29,30,32,36,38,39,40,41)/b33-17-/t11-,18?,22?/m1/s1. The summed E-state index contributed by atoms with van der Waals surface area (Å²) in [5.74, 6) is -3.64. The summed E-state index contributed by atoms with van der Waals surface area (Å²) in [7, 11) is 0. The first kappa shape index (κ1) is 31.5. The van der Waals surface area contributed by atoms with Gasteiger partial charge < -0.3 is 42.4 Å². The number of nitrogens with zero attached hydrogens (tertiary/aromatic N) is 5. The summed E-state index contributed by atoms with van der Waals surface area (Å²) in [6.45, 7) is 1.21. The van der Waals surface area contributed by atoms with Crippen LogP contribution in [0.3, 0.4) is 0 Å².